The lowest BCUT2D eigenvalue weighted by Crippen LogP contribution is -2.00. The van der Waals surface area contributed by atoms with Crippen molar-refractivity contribution in [1.82, 2.24) is 9.78 Å². The highest BCUT2D eigenvalue weighted by atomic mass is 79.9. The molecule has 4 aromatic rings. The molecule has 0 aliphatic carbocycles. The largest absolute Gasteiger partial charge is 0.231 e. The Kier molecular flexibility index (Phi) is 5.17. The van der Waals surface area contributed by atoms with Gasteiger partial charge in [0, 0.05) is 20.1 Å². The van der Waals surface area contributed by atoms with Gasteiger partial charge in [-0.15, -0.1) is 0 Å². The van der Waals surface area contributed by atoms with E-state index in [0.717, 1.165) is 20.1 Å². The molecule has 0 fully saturated rings. The Hall–Kier alpha value is -1.95. The predicted molar refractivity (Wildman–Crippen MR) is 115 cm³/mol. The van der Waals surface area contributed by atoms with Crippen molar-refractivity contribution in [3.63, 3.8) is 0 Å². The van der Waals surface area contributed by atoms with E-state index in [1.165, 1.54) is 12.1 Å². The van der Waals surface area contributed by atoms with Crippen LogP contribution in [0.4, 0.5) is 4.39 Å². The molecule has 0 unspecified atom stereocenters. The molecule has 0 bridgehead atoms. The number of benzene rings is 3. The van der Waals surface area contributed by atoms with Crippen molar-refractivity contribution >= 4 is 43.5 Å². The molecule has 0 atom stereocenters. The van der Waals surface area contributed by atoms with Crippen molar-refractivity contribution in [3.8, 4) is 28.2 Å². The van der Waals surface area contributed by atoms with Gasteiger partial charge < -0.3 is 0 Å². The summed E-state index contributed by atoms with van der Waals surface area (Å²) in [4.78, 5) is 0. The molecule has 27 heavy (non-hydrogen) atoms. The SMILES string of the molecule is Fc1cccc(-n2nc(-c3ccc(Br)cc3)c(Cl)c2-c2ccc(Br)cc2)c1. The van der Waals surface area contributed by atoms with Crippen molar-refractivity contribution < 1.29 is 4.39 Å². The van der Waals surface area contributed by atoms with Gasteiger partial charge in [-0.05, 0) is 42.5 Å². The maximum atomic E-state index is 13.8. The predicted octanol–water partition coefficient (Wildman–Crippen LogP) is 7.52. The van der Waals surface area contributed by atoms with Gasteiger partial charge in [0.2, 0.25) is 0 Å². The zero-order valence-corrected chi connectivity index (χ0v) is 17.8. The second-order valence-corrected chi connectivity index (χ2v) is 8.13. The Labute approximate surface area is 177 Å². The van der Waals surface area contributed by atoms with Crippen LogP contribution in [0.3, 0.4) is 0 Å². The van der Waals surface area contributed by atoms with Gasteiger partial charge in [0.1, 0.15) is 11.5 Å². The van der Waals surface area contributed by atoms with Gasteiger partial charge in [0.15, 0.2) is 0 Å². The second-order valence-electron chi connectivity index (χ2n) is 5.92. The number of halogens is 4. The molecule has 0 N–H and O–H groups in total. The van der Waals surface area contributed by atoms with E-state index < -0.39 is 0 Å². The smallest absolute Gasteiger partial charge is 0.125 e. The lowest BCUT2D eigenvalue weighted by atomic mass is 10.1. The van der Waals surface area contributed by atoms with E-state index in [0.29, 0.717) is 22.1 Å². The van der Waals surface area contributed by atoms with E-state index in [2.05, 4.69) is 31.9 Å². The molecule has 0 radical (unpaired) electrons. The minimum Gasteiger partial charge on any atom is -0.231 e. The number of hydrogen-bond acceptors (Lipinski definition) is 1. The molecule has 1 aromatic heterocycles. The van der Waals surface area contributed by atoms with E-state index in [4.69, 9.17) is 16.7 Å². The molecule has 0 saturated heterocycles. The molecule has 1 heterocycles. The van der Waals surface area contributed by atoms with Crippen LogP contribution in [-0.2, 0) is 0 Å². The van der Waals surface area contributed by atoms with Crippen molar-refractivity contribution in [2.75, 3.05) is 0 Å². The van der Waals surface area contributed by atoms with Gasteiger partial charge in [0.25, 0.3) is 0 Å². The molecule has 0 spiro atoms. The van der Waals surface area contributed by atoms with Crippen LogP contribution >= 0.6 is 43.5 Å². The first kappa shape index (κ1) is 18.4. The van der Waals surface area contributed by atoms with Crippen LogP contribution in [-0.4, -0.2) is 9.78 Å². The molecule has 0 aliphatic heterocycles. The highest BCUT2D eigenvalue weighted by molar-refractivity contribution is 9.10. The third kappa shape index (κ3) is 3.72. The molecular weight excluding hydrogens is 495 g/mol. The molecule has 0 saturated carbocycles. The van der Waals surface area contributed by atoms with Crippen LogP contribution in [0.1, 0.15) is 0 Å². The third-order valence-electron chi connectivity index (χ3n) is 4.12. The Morgan fingerprint density at radius 3 is 2.00 bits per heavy atom. The van der Waals surface area contributed by atoms with Crippen LogP contribution < -0.4 is 0 Å². The minimum absolute atomic E-state index is 0.328. The Morgan fingerprint density at radius 1 is 0.815 bits per heavy atom. The van der Waals surface area contributed by atoms with Crippen LogP contribution in [0, 0.1) is 5.82 Å². The summed E-state index contributed by atoms with van der Waals surface area (Å²) in [5.74, 6) is -0.328. The Balaban J connectivity index is 1.97. The normalized spacial score (nSPS) is 11.0. The summed E-state index contributed by atoms with van der Waals surface area (Å²) in [6.07, 6.45) is 0. The van der Waals surface area contributed by atoms with Crippen molar-refractivity contribution in [3.05, 3.63) is 92.6 Å². The van der Waals surface area contributed by atoms with Gasteiger partial charge in [-0.25, -0.2) is 9.07 Å². The van der Waals surface area contributed by atoms with Gasteiger partial charge >= 0.3 is 0 Å². The zero-order chi connectivity index (χ0) is 19.0. The summed E-state index contributed by atoms with van der Waals surface area (Å²) in [6, 6.07) is 21.9. The monoisotopic (exact) mass is 504 g/mol. The summed E-state index contributed by atoms with van der Waals surface area (Å²) in [6.45, 7) is 0. The van der Waals surface area contributed by atoms with E-state index >= 15 is 0 Å². The molecule has 134 valence electrons. The quantitative estimate of drug-likeness (QED) is 0.281. The average Bonchev–Trinajstić information content (AvgIpc) is 3.00. The lowest BCUT2D eigenvalue weighted by Gasteiger charge is -2.08. The van der Waals surface area contributed by atoms with Gasteiger partial charge in [-0.1, -0.05) is 73.8 Å². The highest BCUT2D eigenvalue weighted by Crippen LogP contribution is 2.38. The van der Waals surface area contributed by atoms with E-state index in [9.17, 15) is 4.39 Å². The minimum atomic E-state index is -0.328. The number of aromatic nitrogens is 2. The fourth-order valence-corrected chi connectivity index (χ4v) is 3.71. The lowest BCUT2D eigenvalue weighted by molar-refractivity contribution is 0.625. The van der Waals surface area contributed by atoms with Gasteiger partial charge in [0.05, 0.1) is 16.4 Å². The number of hydrogen-bond donors (Lipinski definition) is 0. The maximum Gasteiger partial charge on any atom is 0.125 e. The molecule has 0 aliphatic rings. The number of nitrogens with zero attached hydrogens (tertiary/aromatic N) is 2. The van der Waals surface area contributed by atoms with Crippen LogP contribution in [0.25, 0.3) is 28.2 Å². The van der Waals surface area contributed by atoms with Crippen LogP contribution in [0.5, 0.6) is 0 Å². The second kappa shape index (κ2) is 7.58. The molecule has 6 heteroatoms. The molecule has 3 aromatic carbocycles. The fraction of sp³-hybridized carbons (Fsp3) is 0. The number of rotatable bonds is 3. The van der Waals surface area contributed by atoms with E-state index in [1.54, 1.807) is 16.8 Å². The molecule has 4 rings (SSSR count). The van der Waals surface area contributed by atoms with Gasteiger partial charge in [-0.2, -0.15) is 5.10 Å². The first-order valence-electron chi connectivity index (χ1n) is 8.09. The van der Waals surface area contributed by atoms with E-state index in [-0.39, 0.29) is 5.82 Å². The van der Waals surface area contributed by atoms with Crippen LogP contribution in [0.2, 0.25) is 5.02 Å². The Bertz CT molecular complexity index is 1110. The van der Waals surface area contributed by atoms with Crippen molar-refractivity contribution in [2.24, 2.45) is 0 Å². The molecule has 2 nitrogen and oxygen atoms in total. The first-order chi connectivity index (χ1) is 13.0. The molecular formula is C21H12Br2ClFN2. The van der Waals surface area contributed by atoms with Crippen LogP contribution in [0.15, 0.2) is 81.7 Å². The fourth-order valence-electron chi connectivity index (χ4n) is 2.84. The maximum absolute atomic E-state index is 13.8. The standard InChI is InChI=1S/C21H12Br2ClFN2/c22-15-8-4-13(5-9-15)20-19(24)21(14-6-10-16(23)11-7-14)27(26-20)18-3-1-2-17(25)12-18/h1-12H. The summed E-state index contributed by atoms with van der Waals surface area (Å²) in [5, 5.41) is 5.23. The van der Waals surface area contributed by atoms with E-state index in [1.807, 2.05) is 48.5 Å². The van der Waals surface area contributed by atoms with Gasteiger partial charge in [-0.3, -0.25) is 0 Å². The zero-order valence-electron chi connectivity index (χ0n) is 13.8. The molecule has 0 amide bonds. The summed E-state index contributed by atoms with van der Waals surface area (Å²) < 4.78 is 17.5. The summed E-state index contributed by atoms with van der Waals surface area (Å²) in [5.41, 5.74) is 3.75. The summed E-state index contributed by atoms with van der Waals surface area (Å²) >= 11 is 13.7. The first-order valence-corrected chi connectivity index (χ1v) is 10.1. The third-order valence-corrected chi connectivity index (χ3v) is 5.53. The average molecular weight is 507 g/mol. The Morgan fingerprint density at radius 2 is 1.41 bits per heavy atom. The summed E-state index contributed by atoms with van der Waals surface area (Å²) in [7, 11) is 0. The van der Waals surface area contributed by atoms with Crippen molar-refractivity contribution in [1.29, 1.82) is 0 Å². The van der Waals surface area contributed by atoms with Crippen molar-refractivity contribution in [2.45, 2.75) is 0 Å². The topological polar surface area (TPSA) is 17.8 Å². The highest BCUT2D eigenvalue weighted by Gasteiger charge is 2.20.